The van der Waals surface area contributed by atoms with Crippen LogP contribution in [0.4, 0.5) is 14.5 Å². The normalized spacial score (nSPS) is 15.4. The minimum Gasteiger partial charge on any atom is -0.478 e. The predicted molar refractivity (Wildman–Crippen MR) is 64.8 cm³/mol. The number of nitrogens with zero attached hydrogens (tertiary/aromatic N) is 1. The lowest BCUT2D eigenvalue weighted by molar-refractivity contribution is 0.0692. The first-order valence-corrected chi connectivity index (χ1v) is 6.01. The van der Waals surface area contributed by atoms with Crippen molar-refractivity contribution in [1.82, 2.24) is 0 Å². The summed E-state index contributed by atoms with van der Waals surface area (Å²) in [6, 6.07) is 0.707. The summed E-state index contributed by atoms with van der Waals surface area (Å²) in [7, 11) is 0. The Morgan fingerprint density at radius 1 is 1.26 bits per heavy atom. The number of carbonyl (C=O) groups excluding carboxylic acids is 1. The van der Waals surface area contributed by atoms with Gasteiger partial charge in [-0.1, -0.05) is 0 Å². The number of aromatic carboxylic acids is 1. The van der Waals surface area contributed by atoms with Gasteiger partial charge >= 0.3 is 5.97 Å². The highest BCUT2D eigenvalue weighted by Gasteiger charge is 2.26. The van der Waals surface area contributed by atoms with Gasteiger partial charge in [0.15, 0.2) is 12.1 Å². The highest BCUT2D eigenvalue weighted by molar-refractivity contribution is 5.98. The molecule has 1 aromatic carbocycles. The number of carboxylic acid groups (broad SMARTS) is 1. The second kappa shape index (κ2) is 5.34. The Morgan fingerprint density at radius 3 is 2.42 bits per heavy atom. The Labute approximate surface area is 108 Å². The van der Waals surface area contributed by atoms with E-state index in [2.05, 4.69) is 0 Å². The molecule has 1 saturated heterocycles. The van der Waals surface area contributed by atoms with Crippen LogP contribution >= 0.6 is 0 Å². The second-order valence-electron chi connectivity index (χ2n) is 4.45. The van der Waals surface area contributed by atoms with E-state index in [1.807, 2.05) is 0 Å². The lowest BCUT2D eigenvalue weighted by Crippen LogP contribution is -2.31. The molecular weight excluding hydrogens is 256 g/mol. The van der Waals surface area contributed by atoms with Crippen LogP contribution < -0.4 is 4.90 Å². The average molecular weight is 269 g/mol. The van der Waals surface area contributed by atoms with Crippen molar-refractivity contribution in [3.8, 4) is 0 Å². The zero-order chi connectivity index (χ0) is 14.0. The summed E-state index contributed by atoms with van der Waals surface area (Å²) < 4.78 is 28.1. The number of carboxylic acids is 1. The highest BCUT2D eigenvalue weighted by Crippen LogP contribution is 2.30. The summed E-state index contributed by atoms with van der Waals surface area (Å²) in [5.41, 5.74) is -1.55. The van der Waals surface area contributed by atoms with Gasteiger partial charge in [0.2, 0.25) is 0 Å². The molecule has 0 saturated carbocycles. The third-order valence-electron chi connectivity index (χ3n) is 3.25. The van der Waals surface area contributed by atoms with Gasteiger partial charge in [-0.3, -0.25) is 4.79 Å². The first kappa shape index (κ1) is 13.5. The first-order chi connectivity index (χ1) is 9.06. The fourth-order valence-corrected chi connectivity index (χ4v) is 2.32. The lowest BCUT2D eigenvalue weighted by Gasteiger charge is -2.29. The van der Waals surface area contributed by atoms with Gasteiger partial charge in [0.05, 0.1) is 11.1 Å². The van der Waals surface area contributed by atoms with Crippen molar-refractivity contribution < 1.29 is 23.5 Å². The first-order valence-electron chi connectivity index (χ1n) is 6.01. The number of piperidine rings is 1. The molecule has 1 fully saturated rings. The smallest absolute Gasteiger partial charge is 0.336 e. The zero-order valence-electron chi connectivity index (χ0n) is 10.2. The lowest BCUT2D eigenvalue weighted by atomic mass is 10.0. The van der Waals surface area contributed by atoms with E-state index in [0.29, 0.717) is 19.2 Å². The van der Waals surface area contributed by atoms with E-state index < -0.39 is 28.7 Å². The molecule has 4 nitrogen and oxygen atoms in total. The summed E-state index contributed by atoms with van der Waals surface area (Å²) >= 11 is 0. The fourth-order valence-electron chi connectivity index (χ4n) is 2.32. The third-order valence-corrected chi connectivity index (χ3v) is 3.25. The monoisotopic (exact) mass is 269 g/mol. The van der Waals surface area contributed by atoms with Gasteiger partial charge in [-0.05, 0) is 25.3 Å². The van der Waals surface area contributed by atoms with Crippen LogP contribution in [0.2, 0.25) is 0 Å². The van der Waals surface area contributed by atoms with E-state index in [0.717, 1.165) is 19.3 Å². The molecule has 0 spiro atoms. The molecule has 2 rings (SSSR count). The summed E-state index contributed by atoms with van der Waals surface area (Å²) in [6.45, 7) is 0.997. The Morgan fingerprint density at radius 2 is 1.89 bits per heavy atom. The van der Waals surface area contributed by atoms with Crippen molar-refractivity contribution in [1.29, 1.82) is 0 Å². The topological polar surface area (TPSA) is 57.6 Å². The number of rotatable bonds is 3. The summed E-state index contributed by atoms with van der Waals surface area (Å²) in [5.74, 6) is -3.55. The molecule has 0 aromatic heterocycles. The predicted octanol–water partition coefficient (Wildman–Crippen LogP) is 2.47. The number of benzene rings is 1. The summed E-state index contributed by atoms with van der Waals surface area (Å²) in [4.78, 5) is 23.2. The van der Waals surface area contributed by atoms with E-state index in [1.54, 1.807) is 0 Å². The SMILES string of the molecule is O=Cc1c(C(=O)O)cc(F)c(N2CCCCC2)c1F. The number of hydrogen-bond acceptors (Lipinski definition) is 3. The molecule has 102 valence electrons. The molecule has 0 aliphatic carbocycles. The van der Waals surface area contributed by atoms with Crippen LogP contribution in [0, 0.1) is 11.6 Å². The Hall–Kier alpha value is -1.98. The van der Waals surface area contributed by atoms with E-state index in [9.17, 15) is 18.4 Å². The van der Waals surface area contributed by atoms with Gasteiger partial charge < -0.3 is 10.0 Å². The number of carbonyl (C=O) groups is 2. The van der Waals surface area contributed by atoms with E-state index in [-0.39, 0.29) is 12.0 Å². The maximum absolute atomic E-state index is 14.2. The molecule has 19 heavy (non-hydrogen) atoms. The van der Waals surface area contributed by atoms with Gasteiger partial charge in [-0.25, -0.2) is 13.6 Å². The maximum atomic E-state index is 14.2. The Bertz CT molecular complexity index is 525. The number of hydrogen-bond donors (Lipinski definition) is 1. The van der Waals surface area contributed by atoms with E-state index >= 15 is 0 Å². The van der Waals surface area contributed by atoms with Gasteiger partial charge in [0, 0.05) is 13.1 Å². The molecule has 1 heterocycles. The molecule has 6 heteroatoms. The van der Waals surface area contributed by atoms with Crippen molar-refractivity contribution in [3.63, 3.8) is 0 Å². The van der Waals surface area contributed by atoms with Crippen LogP contribution in [-0.4, -0.2) is 30.5 Å². The number of aldehydes is 1. The van der Waals surface area contributed by atoms with Crippen LogP contribution in [0.3, 0.4) is 0 Å². The van der Waals surface area contributed by atoms with E-state index in [1.165, 1.54) is 4.90 Å². The van der Waals surface area contributed by atoms with Crippen LogP contribution in [0.25, 0.3) is 0 Å². The van der Waals surface area contributed by atoms with Crippen molar-refractivity contribution in [2.45, 2.75) is 19.3 Å². The minimum atomic E-state index is -1.52. The van der Waals surface area contributed by atoms with Gasteiger partial charge in [0.1, 0.15) is 11.5 Å². The minimum absolute atomic E-state index is 0.117. The molecule has 0 radical (unpaired) electrons. The summed E-state index contributed by atoms with van der Waals surface area (Å²) in [5, 5.41) is 8.84. The molecule has 1 N–H and O–H groups in total. The average Bonchev–Trinajstić information content (AvgIpc) is 2.39. The molecule has 0 amide bonds. The molecular formula is C13H13F2NO3. The quantitative estimate of drug-likeness (QED) is 0.856. The van der Waals surface area contributed by atoms with Crippen LogP contribution in [0.1, 0.15) is 40.0 Å². The Kier molecular flexibility index (Phi) is 3.78. The van der Waals surface area contributed by atoms with Gasteiger partial charge in [0.25, 0.3) is 0 Å². The maximum Gasteiger partial charge on any atom is 0.336 e. The molecule has 0 bridgehead atoms. The van der Waals surface area contributed by atoms with E-state index in [4.69, 9.17) is 5.11 Å². The van der Waals surface area contributed by atoms with Crippen molar-refractivity contribution in [2.75, 3.05) is 18.0 Å². The molecule has 1 aliphatic rings. The van der Waals surface area contributed by atoms with Crippen molar-refractivity contribution in [2.24, 2.45) is 0 Å². The third kappa shape index (κ3) is 2.43. The highest BCUT2D eigenvalue weighted by atomic mass is 19.1. The van der Waals surface area contributed by atoms with Crippen LogP contribution in [0.15, 0.2) is 6.07 Å². The molecule has 1 aliphatic heterocycles. The van der Waals surface area contributed by atoms with Crippen LogP contribution in [0.5, 0.6) is 0 Å². The van der Waals surface area contributed by atoms with Crippen molar-refractivity contribution >= 4 is 17.9 Å². The van der Waals surface area contributed by atoms with Gasteiger partial charge in [-0.2, -0.15) is 0 Å². The fraction of sp³-hybridized carbons (Fsp3) is 0.385. The molecule has 0 unspecified atom stereocenters. The zero-order valence-corrected chi connectivity index (χ0v) is 10.2. The van der Waals surface area contributed by atoms with Gasteiger partial charge in [-0.15, -0.1) is 0 Å². The van der Waals surface area contributed by atoms with Crippen LogP contribution in [-0.2, 0) is 0 Å². The largest absolute Gasteiger partial charge is 0.478 e. The molecule has 0 atom stereocenters. The standard InChI is InChI=1S/C13H13F2NO3/c14-10-6-8(13(18)19)9(7-17)11(15)12(10)16-4-2-1-3-5-16/h6-7H,1-5H2,(H,18,19). The number of halogens is 2. The number of anilines is 1. The second-order valence-corrected chi connectivity index (χ2v) is 4.45. The Balaban J connectivity index is 2.55. The summed E-state index contributed by atoms with van der Waals surface area (Å²) in [6.07, 6.45) is 2.74. The molecule has 1 aromatic rings. The van der Waals surface area contributed by atoms with Crippen molar-refractivity contribution in [3.05, 3.63) is 28.8 Å².